The van der Waals surface area contributed by atoms with Gasteiger partial charge in [-0.15, -0.1) is 0 Å². The van der Waals surface area contributed by atoms with Gasteiger partial charge in [-0.05, 0) is 24.8 Å². The molecule has 0 spiro atoms. The van der Waals surface area contributed by atoms with Gasteiger partial charge in [-0.3, -0.25) is 9.59 Å². The van der Waals surface area contributed by atoms with Crippen LogP contribution in [0.3, 0.4) is 0 Å². The molecular formula is C14H18N2O2. The number of nitrogens with two attached hydrogens (primary N) is 1. The van der Waals surface area contributed by atoms with Gasteiger partial charge in [0.25, 0.3) is 0 Å². The second kappa shape index (κ2) is 5.67. The Morgan fingerprint density at radius 2 is 1.83 bits per heavy atom. The van der Waals surface area contributed by atoms with Crippen molar-refractivity contribution in [1.82, 2.24) is 5.32 Å². The zero-order valence-corrected chi connectivity index (χ0v) is 10.3. The molecule has 1 heterocycles. The molecular weight excluding hydrogens is 228 g/mol. The van der Waals surface area contributed by atoms with Crippen molar-refractivity contribution in [3.63, 3.8) is 0 Å². The van der Waals surface area contributed by atoms with Gasteiger partial charge >= 0.3 is 0 Å². The highest BCUT2D eigenvalue weighted by atomic mass is 16.2. The van der Waals surface area contributed by atoms with E-state index in [0.29, 0.717) is 6.42 Å². The van der Waals surface area contributed by atoms with E-state index in [-0.39, 0.29) is 23.8 Å². The molecule has 3 rings (SSSR count). The van der Waals surface area contributed by atoms with Crippen LogP contribution in [-0.2, 0) is 9.59 Å². The van der Waals surface area contributed by atoms with E-state index in [2.05, 4.69) is 17.4 Å². The molecule has 2 aliphatic rings. The monoisotopic (exact) mass is 246 g/mol. The highest BCUT2D eigenvalue weighted by Crippen LogP contribution is 2.27. The van der Waals surface area contributed by atoms with Crippen molar-refractivity contribution in [2.75, 3.05) is 0 Å². The number of benzene rings is 1. The summed E-state index contributed by atoms with van der Waals surface area (Å²) in [5.41, 5.74) is 6.07. The molecule has 0 bridgehead atoms. The van der Waals surface area contributed by atoms with E-state index in [4.69, 9.17) is 5.73 Å². The van der Waals surface area contributed by atoms with Crippen LogP contribution in [0, 0.1) is 5.92 Å². The smallest absolute Gasteiger partial charge is 0.220 e. The number of rotatable bonds is 2. The number of amides is 2. The van der Waals surface area contributed by atoms with Crippen LogP contribution in [0.15, 0.2) is 30.3 Å². The molecule has 1 saturated heterocycles. The van der Waals surface area contributed by atoms with Crippen LogP contribution in [0.25, 0.3) is 0 Å². The summed E-state index contributed by atoms with van der Waals surface area (Å²) in [5.74, 6) is 0.281. The lowest BCUT2D eigenvalue weighted by Gasteiger charge is -2.08. The van der Waals surface area contributed by atoms with Crippen molar-refractivity contribution in [2.45, 2.75) is 31.7 Å². The Bertz CT molecular complexity index is 427. The van der Waals surface area contributed by atoms with Gasteiger partial charge in [-0.25, -0.2) is 0 Å². The summed E-state index contributed by atoms with van der Waals surface area (Å²) in [4.78, 5) is 20.9. The molecule has 18 heavy (non-hydrogen) atoms. The number of nitrogens with one attached hydrogen (secondary N) is 1. The average molecular weight is 246 g/mol. The maximum Gasteiger partial charge on any atom is 0.220 e. The Hall–Kier alpha value is -1.84. The molecule has 4 nitrogen and oxygen atoms in total. The minimum Gasteiger partial charge on any atom is -0.369 e. The SMILES string of the molecule is NC(=O)C1CC1.O=C1CCC(c2ccccc2)N1. The number of primary amides is 1. The second-order valence-electron chi connectivity index (χ2n) is 4.75. The van der Waals surface area contributed by atoms with Crippen LogP contribution in [0.5, 0.6) is 0 Å². The van der Waals surface area contributed by atoms with Gasteiger partial charge in [0.1, 0.15) is 0 Å². The highest BCUT2D eigenvalue weighted by Gasteiger charge is 2.26. The highest BCUT2D eigenvalue weighted by molar-refractivity contribution is 5.79. The fraction of sp³-hybridized carbons (Fsp3) is 0.429. The minimum absolute atomic E-state index is 0.130. The predicted molar refractivity (Wildman–Crippen MR) is 68.5 cm³/mol. The first-order valence-electron chi connectivity index (χ1n) is 6.30. The van der Waals surface area contributed by atoms with Crippen molar-refractivity contribution < 1.29 is 9.59 Å². The lowest BCUT2D eigenvalue weighted by Crippen LogP contribution is -2.17. The largest absolute Gasteiger partial charge is 0.369 e. The van der Waals surface area contributed by atoms with Crippen LogP contribution in [0.1, 0.15) is 37.3 Å². The summed E-state index contributed by atoms with van der Waals surface area (Å²) in [5, 5.41) is 2.93. The summed E-state index contributed by atoms with van der Waals surface area (Å²) in [6, 6.07) is 10.3. The molecule has 2 fully saturated rings. The van der Waals surface area contributed by atoms with Crippen molar-refractivity contribution in [3.8, 4) is 0 Å². The molecule has 1 saturated carbocycles. The molecule has 2 amide bonds. The van der Waals surface area contributed by atoms with Crippen LogP contribution in [-0.4, -0.2) is 11.8 Å². The van der Waals surface area contributed by atoms with E-state index in [1.165, 1.54) is 5.56 Å². The third-order valence-electron chi connectivity index (χ3n) is 3.18. The van der Waals surface area contributed by atoms with E-state index in [1.54, 1.807) is 0 Å². The molecule has 1 aromatic carbocycles. The van der Waals surface area contributed by atoms with Gasteiger partial charge < -0.3 is 11.1 Å². The first kappa shape index (κ1) is 12.6. The Morgan fingerprint density at radius 1 is 1.17 bits per heavy atom. The number of carbonyl (C=O) groups is 2. The maximum atomic E-state index is 10.9. The zero-order valence-electron chi connectivity index (χ0n) is 10.3. The molecule has 96 valence electrons. The standard InChI is InChI=1S/C10H11NO.C4H7NO/c12-10-7-6-9(11-10)8-4-2-1-3-5-8;5-4(6)3-1-2-3/h1-5,9H,6-7H2,(H,11,12);3H,1-2H2,(H2,5,6). The molecule has 0 radical (unpaired) electrons. The Labute approximate surface area is 107 Å². The molecule has 1 aliphatic heterocycles. The zero-order chi connectivity index (χ0) is 13.0. The number of hydrogen-bond acceptors (Lipinski definition) is 2. The lowest BCUT2D eigenvalue weighted by molar-refractivity contribution is -0.120. The summed E-state index contributed by atoms with van der Waals surface area (Å²) < 4.78 is 0. The average Bonchev–Trinajstić information content (AvgIpc) is 3.14. The van der Waals surface area contributed by atoms with E-state index in [0.717, 1.165) is 19.3 Å². The summed E-state index contributed by atoms with van der Waals surface area (Å²) in [7, 11) is 0. The fourth-order valence-corrected chi connectivity index (χ4v) is 1.92. The van der Waals surface area contributed by atoms with Crippen LogP contribution < -0.4 is 11.1 Å². The first-order valence-corrected chi connectivity index (χ1v) is 6.30. The van der Waals surface area contributed by atoms with Crippen molar-refractivity contribution in [3.05, 3.63) is 35.9 Å². The van der Waals surface area contributed by atoms with Crippen LogP contribution in [0.2, 0.25) is 0 Å². The van der Waals surface area contributed by atoms with E-state index < -0.39 is 0 Å². The van der Waals surface area contributed by atoms with Crippen molar-refractivity contribution in [2.24, 2.45) is 11.7 Å². The van der Waals surface area contributed by atoms with Crippen molar-refractivity contribution in [1.29, 1.82) is 0 Å². The fourth-order valence-electron chi connectivity index (χ4n) is 1.92. The third-order valence-corrected chi connectivity index (χ3v) is 3.18. The Balaban J connectivity index is 0.000000169. The topological polar surface area (TPSA) is 72.2 Å². The molecule has 0 aromatic heterocycles. The maximum absolute atomic E-state index is 10.9. The van der Waals surface area contributed by atoms with Gasteiger partial charge in [-0.1, -0.05) is 30.3 Å². The summed E-state index contributed by atoms with van der Waals surface area (Å²) >= 11 is 0. The first-order chi connectivity index (χ1) is 8.66. The van der Waals surface area contributed by atoms with Gasteiger partial charge in [-0.2, -0.15) is 0 Å². The van der Waals surface area contributed by atoms with Gasteiger partial charge in [0.05, 0.1) is 6.04 Å². The van der Waals surface area contributed by atoms with Crippen LogP contribution >= 0.6 is 0 Å². The van der Waals surface area contributed by atoms with Gasteiger partial charge in [0, 0.05) is 12.3 Å². The molecule has 1 aromatic rings. The normalized spacial score (nSPS) is 21.8. The molecule has 4 heteroatoms. The molecule has 1 aliphatic carbocycles. The number of carbonyl (C=O) groups excluding carboxylic acids is 2. The van der Waals surface area contributed by atoms with Crippen LogP contribution in [0.4, 0.5) is 0 Å². The second-order valence-corrected chi connectivity index (χ2v) is 4.75. The molecule has 1 unspecified atom stereocenters. The van der Waals surface area contributed by atoms with Gasteiger partial charge in [0.15, 0.2) is 0 Å². The van der Waals surface area contributed by atoms with Crippen molar-refractivity contribution >= 4 is 11.8 Å². The van der Waals surface area contributed by atoms with E-state index >= 15 is 0 Å². The summed E-state index contributed by atoms with van der Waals surface area (Å²) in [6.45, 7) is 0. The van der Waals surface area contributed by atoms with E-state index in [9.17, 15) is 9.59 Å². The molecule has 1 atom stereocenters. The predicted octanol–water partition coefficient (Wildman–Crippen LogP) is 1.52. The Kier molecular flexibility index (Phi) is 3.97. The number of hydrogen-bond donors (Lipinski definition) is 2. The third kappa shape index (κ3) is 3.58. The van der Waals surface area contributed by atoms with E-state index in [1.807, 2.05) is 18.2 Å². The molecule has 3 N–H and O–H groups in total. The Morgan fingerprint density at radius 3 is 2.22 bits per heavy atom. The summed E-state index contributed by atoms with van der Waals surface area (Å²) in [6.07, 6.45) is 3.65. The lowest BCUT2D eigenvalue weighted by atomic mass is 10.1. The minimum atomic E-state index is -0.130. The van der Waals surface area contributed by atoms with Gasteiger partial charge in [0.2, 0.25) is 11.8 Å². The quantitative estimate of drug-likeness (QED) is 0.830.